The molecule has 0 aromatic carbocycles. The van der Waals surface area contributed by atoms with E-state index in [1.54, 1.807) is 16.7 Å². The number of nitrogens with zero attached hydrogens (tertiary/aromatic N) is 2. The third-order valence-electron chi connectivity index (χ3n) is 5.22. The van der Waals surface area contributed by atoms with Crippen LogP contribution in [0.4, 0.5) is 0 Å². The SMILES string of the molecule is O=c1cc(CNCC2CC3CCC2C3)nc2ccccn12. The lowest BCUT2D eigenvalue weighted by molar-refractivity contribution is 0.318. The van der Waals surface area contributed by atoms with Gasteiger partial charge in [-0.1, -0.05) is 12.5 Å². The Hall–Kier alpha value is -1.68. The molecule has 21 heavy (non-hydrogen) atoms. The maximum Gasteiger partial charge on any atom is 0.258 e. The van der Waals surface area contributed by atoms with E-state index in [-0.39, 0.29) is 5.56 Å². The number of nitrogens with one attached hydrogen (secondary N) is 1. The van der Waals surface area contributed by atoms with Gasteiger partial charge in [0.2, 0.25) is 0 Å². The molecule has 110 valence electrons. The third kappa shape index (κ3) is 2.48. The molecule has 2 aliphatic rings. The Kier molecular flexibility index (Phi) is 3.26. The van der Waals surface area contributed by atoms with Gasteiger partial charge in [0.15, 0.2) is 0 Å². The van der Waals surface area contributed by atoms with Gasteiger partial charge in [0.25, 0.3) is 5.56 Å². The van der Waals surface area contributed by atoms with Gasteiger partial charge >= 0.3 is 0 Å². The average molecular weight is 283 g/mol. The summed E-state index contributed by atoms with van der Waals surface area (Å²) >= 11 is 0. The van der Waals surface area contributed by atoms with E-state index in [9.17, 15) is 4.79 Å². The van der Waals surface area contributed by atoms with E-state index in [1.807, 2.05) is 18.2 Å². The Balaban J connectivity index is 1.42. The smallest absolute Gasteiger partial charge is 0.258 e. The number of fused-ring (bicyclic) bond motifs is 3. The quantitative estimate of drug-likeness (QED) is 0.936. The molecule has 0 spiro atoms. The number of aromatic nitrogens is 2. The number of hydrogen-bond acceptors (Lipinski definition) is 3. The average Bonchev–Trinajstić information content (AvgIpc) is 3.10. The summed E-state index contributed by atoms with van der Waals surface area (Å²) in [6, 6.07) is 7.28. The first kappa shape index (κ1) is 13.0. The fraction of sp³-hybridized carbons (Fsp3) is 0.529. The molecule has 2 aromatic heterocycles. The van der Waals surface area contributed by atoms with E-state index in [2.05, 4.69) is 10.3 Å². The van der Waals surface area contributed by atoms with Gasteiger partial charge in [-0.15, -0.1) is 0 Å². The van der Waals surface area contributed by atoms with Crippen molar-refractivity contribution in [2.24, 2.45) is 17.8 Å². The molecular weight excluding hydrogens is 262 g/mol. The first-order chi connectivity index (χ1) is 10.3. The summed E-state index contributed by atoms with van der Waals surface area (Å²) in [5.41, 5.74) is 1.56. The topological polar surface area (TPSA) is 46.4 Å². The Bertz CT molecular complexity index is 708. The van der Waals surface area contributed by atoms with Crippen LogP contribution in [-0.2, 0) is 6.54 Å². The zero-order valence-corrected chi connectivity index (χ0v) is 12.2. The zero-order chi connectivity index (χ0) is 14.2. The van der Waals surface area contributed by atoms with Crippen molar-refractivity contribution in [2.75, 3.05) is 6.54 Å². The summed E-state index contributed by atoms with van der Waals surface area (Å²) < 4.78 is 1.58. The van der Waals surface area contributed by atoms with Crippen molar-refractivity contribution in [3.8, 4) is 0 Å². The van der Waals surface area contributed by atoms with Crippen LogP contribution in [0, 0.1) is 17.8 Å². The number of rotatable bonds is 4. The van der Waals surface area contributed by atoms with Crippen LogP contribution in [-0.4, -0.2) is 15.9 Å². The summed E-state index contributed by atoms with van der Waals surface area (Å²) in [6.45, 7) is 1.76. The molecule has 0 saturated heterocycles. The predicted octanol–water partition coefficient (Wildman–Crippen LogP) is 2.22. The molecule has 0 radical (unpaired) electrons. The predicted molar refractivity (Wildman–Crippen MR) is 82.1 cm³/mol. The summed E-state index contributed by atoms with van der Waals surface area (Å²) in [4.78, 5) is 16.6. The van der Waals surface area contributed by atoms with Crippen LogP contribution < -0.4 is 10.9 Å². The summed E-state index contributed by atoms with van der Waals surface area (Å²) in [5, 5.41) is 3.51. The minimum atomic E-state index is -0.00248. The first-order valence-electron chi connectivity index (χ1n) is 7.97. The van der Waals surface area contributed by atoms with Gasteiger partial charge in [-0.25, -0.2) is 4.98 Å². The van der Waals surface area contributed by atoms with Crippen LogP contribution in [0.2, 0.25) is 0 Å². The van der Waals surface area contributed by atoms with Crippen molar-refractivity contribution >= 4 is 5.65 Å². The lowest BCUT2D eigenvalue weighted by Crippen LogP contribution is -2.27. The largest absolute Gasteiger partial charge is 0.311 e. The molecule has 2 heterocycles. The van der Waals surface area contributed by atoms with Gasteiger partial charge in [-0.3, -0.25) is 9.20 Å². The highest BCUT2D eigenvalue weighted by Gasteiger charge is 2.38. The van der Waals surface area contributed by atoms with Gasteiger partial charge in [0.05, 0.1) is 5.69 Å². The van der Waals surface area contributed by atoms with Crippen LogP contribution in [0.25, 0.3) is 5.65 Å². The van der Waals surface area contributed by atoms with Crippen molar-refractivity contribution in [3.05, 3.63) is 46.5 Å². The highest BCUT2D eigenvalue weighted by atomic mass is 16.1. The molecule has 3 unspecified atom stereocenters. The third-order valence-corrected chi connectivity index (χ3v) is 5.22. The Morgan fingerprint density at radius 3 is 3.05 bits per heavy atom. The van der Waals surface area contributed by atoms with E-state index in [0.29, 0.717) is 6.54 Å². The summed E-state index contributed by atoms with van der Waals surface area (Å²) in [6.07, 6.45) is 7.47. The van der Waals surface area contributed by atoms with E-state index < -0.39 is 0 Å². The van der Waals surface area contributed by atoms with Crippen LogP contribution in [0.5, 0.6) is 0 Å². The second kappa shape index (κ2) is 5.26. The molecule has 2 aliphatic carbocycles. The molecule has 1 N–H and O–H groups in total. The minimum absolute atomic E-state index is 0.00248. The normalized spacial score (nSPS) is 27.5. The maximum atomic E-state index is 12.0. The zero-order valence-electron chi connectivity index (χ0n) is 12.2. The minimum Gasteiger partial charge on any atom is -0.311 e. The second-order valence-corrected chi connectivity index (χ2v) is 6.58. The van der Waals surface area contributed by atoms with Crippen molar-refractivity contribution in [2.45, 2.75) is 32.2 Å². The molecular formula is C17H21N3O. The van der Waals surface area contributed by atoms with E-state index >= 15 is 0 Å². The second-order valence-electron chi connectivity index (χ2n) is 6.58. The van der Waals surface area contributed by atoms with Crippen molar-refractivity contribution in [3.63, 3.8) is 0 Å². The van der Waals surface area contributed by atoms with Crippen LogP contribution in [0.1, 0.15) is 31.4 Å². The first-order valence-corrected chi connectivity index (χ1v) is 7.97. The lowest BCUT2D eigenvalue weighted by atomic mass is 9.89. The van der Waals surface area contributed by atoms with Gasteiger partial charge in [0.1, 0.15) is 5.65 Å². The van der Waals surface area contributed by atoms with Crippen molar-refractivity contribution in [1.29, 1.82) is 0 Å². The van der Waals surface area contributed by atoms with Crippen LogP contribution in [0.3, 0.4) is 0 Å². The number of hydrogen-bond donors (Lipinski definition) is 1. The molecule has 2 aromatic rings. The van der Waals surface area contributed by atoms with Gasteiger partial charge in [-0.05, 0) is 55.7 Å². The van der Waals surface area contributed by atoms with Gasteiger partial charge in [-0.2, -0.15) is 0 Å². The highest BCUT2D eigenvalue weighted by Crippen LogP contribution is 2.47. The lowest BCUT2D eigenvalue weighted by Gasteiger charge is -2.21. The number of pyridine rings is 1. The fourth-order valence-corrected chi connectivity index (χ4v) is 4.21. The fourth-order valence-electron chi connectivity index (χ4n) is 4.21. The van der Waals surface area contributed by atoms with Crippen LogP contribution in [0.15, 0.2) is 35.3 Å². The molecule has 4 rings (SSSR count). The highest BCUT2D eigenvalue weighted by molar-refractivity contribution is 5.37. The molecule has 4 heteroatoms. The van der Waals surface area contributed by atoms with E-state index in [1.165, 1.54) is 25.7 Å². The van der Waals surface area contributed by atoms with Crippen molar-refractivity contribution in [1.82, 2.24) is 14.7 Å². The Morgan fingerprint density at radius 2 is 2.24 bits per heavy atom. The standard InChI is InChI=1S/C17H21N3O/c21-17-9-15(19-16-3-1-2-6-20(16)17)11-18-10-14-8-12-4-5-13(14)7-12/h1-3,6,9,12-14,18H,4-5,7-8,10-11H2. The molecule has 3 atom stereocenters. The summed E-state index contributed by atoms with van der Waals surface area (Å²) in [5.74, 6) is 2.77. The molecule has 0 aliphatic heterocycles. The van der Waals surface area contributed by atoms with Crippen LogP contribution >= 0.6 is 0 Å². The summed E-state index contributed by atoms with van der Waals surface area (Å²) in [7, 11) is 0. The van der Waals surface area contributed by atoms with Gasteiger partial charge in [0, 0.05) is 18.8 Å². The van der Waals surface area contributed by atoms with E-state index in [0.717, 1.165) is 35.6 Å². The molecule has 0 amide bonds. The van der Waals surface area contributed by atoms with Gasteiger partial charge < -0.3 is 5.32 Å². The Morgan fingerprint density at radius 1 is 1.29 bits per heavy atom. The van der Waals surface area contributed by atoms with E-state index in [4.69, 9.17) is 0 Å². The molecule has 2 fully saturated rings. The molecule has 4 nitrogen and oxygen atoms in total. The monoisotopic (exact) mass is 283 g/mol. The molecule has 2 saturated carbocycles. The molecule has 2 bridgehead atoms. The maximum absolute atomic E-state index is 12.0. The van der Waals surface area contributed by atoms with Crippen molar-refractivity contribution < 1.29 is 0 Å². The Labute approximate surface area is 124 Å².